The van der Waals surface area contributed by atoms with Crippen LogP contribution in [0.3, 0.4) is 0 Å². The van der Waals surface area contributed by atoms with Gasteiger partial charge in [-0.1, -0.05) is 155 Å². The molecule has 7 heteroatoms. The Balaban J connectivity index is 1.04. The minimum absolute atomic E-state index is 0.0207. The molecule has 4 aliphatic rings. The Morgan fingerprint density at radius 1 is 0.532 bits per heavy atom. The number of hydrogen-bond acceptors (Lipinski definition) is 6. The zero-order valence-electron chi connectivity index (χ0n) is 46.6. The van der Waals surface area contributed by atoms with Gasteiger partial charge in [-0.15, -0.1) is 11.3 Å². The topological polar surface area (TPSA) is 32.1 Å². The average molecular weight is 1030 g/mol. The molecule has 10 aromatic rings. The third kappa shape index (κ3) is 7.24. The van der Waals surface area contributed by atoms with Crippen molar-refractivity contribution >= 4 is 117 Å². The first-order chi connectivity index (χ1) is 36.8. The summed E-state index contributed by atoms with van der Waals surface area (Å²) in [6, 6.07) is 62.2. The summed E-state index contributed by atoms with van der Waals surface area (Å²) in [5, 5.41) is 3.51. The van der Waals surface area contributed by atoms with Crippen LogP contribution in [0, 0.1) is 0 Å². The van der Waals surface area contributed by atoms with Gasteiger partial charge in [0.15, 0.2) is 5.58 Å². The van der Waals surface area contributed by atoms with Crippen LogP contribution >= 0.6 is 11.3 Å². The molecule has 0 bridgehead atoms. The predicted molar refractivity (Wildman–Crippen MR) is 329 cm³/mol. The van der Waals surface area contributed by atoms with Crippen molar-refractivity contribution in [2.45, 2.75) is 129 Å². The Hall–Kier alpha value is -7.22. The highest BCUT2D eigenvalue weighted by Crippen LogP contribution is 2.58. The van der Waals surface area contributed by atoms with Gasteiger partial charge in [0, 0.05) is 82.5 Å². The van der Waals surface area contributed by atoms with Crippen molar-refractivity contribution in [1.82, 2.24) is 0 Å². The van der Waals surface area contributed by atoms with E-state index in [0.29, 0.717) is 0 Å². The number of para-hydroxylation sites is 2. The van der Waals surface area contributed by atoms with Crippen LogP contribution in [-0.2, 0) is 21.7 Å². The van der Waals surface area contributed by atoms with Crippen molar-refractivity contribution < 1.29 is 9.15 Å². The van der Waals surface area contributed by atoms with Gasteiger partial charge in [0.25, 0.3) is 6.71 Å². The lowest BCUT2D eigenvalue weighted by molar-refractivity contribution is 0.00741. The third-order valence-corrected chi connectivity index (χ3v) is 19.4. The molecule has 0 radical (unpaired) electrons. The van der Waals surface area contributed by atoms with Crippen LogP contribution in [0.2, 0.25) is 0 Å². The number of anilines is 9. The summed E-state index contributed by atoms with van der Waals surface area (Å²) in [5.41, 5.74) is 19.5. The quantitative estimate of drug-likeness (QED) is 0.160. The lowest BCUT2D eigenvalue weighted by Gasteiger charge is -2.43. The van der Waals surface area contributed by atoms with Crippen molar-refractivity contribution in [2.24, 2.45) is 0 Å². The smallest absolute Gasteiger partial charge is 0.264 e. The molecule has 8 aromatic carbocycles. The summed E-state index contributed by atoms with van der Waals surface area (Å²) < 4.78 is 16.8. The van der Waals surface area contributed by atoms with E-state index in [-0.39, 0.29) is 34.0 Å². The molecule has 3 aliphatic heterocycles. The standard InChI is InChI=1S/C70H68BN3O2S/c1-66(2,3)43-24-29-46(30-25-43)72(47-31-26-44(27-32-47)67(4,5)6)48-34-36-54-58(41-48)74(57-22-16-19-51-50-18-12-13-23-59(50)75-64(51)57)56-21-17-20-55-62(56)71(54)65-63(52-40-45(68(7,8)9)28-37-61(52)77-65)73(55)49-33-35-53-60(42-49)76-70(11)39-15-14-38-69(53,70)10/h12-13,16-37,40-42H,14-15,38-39H2,1-11H3. The van der Waals surface area contributed by atoms with E-state index in [1.165, 1.54) is 72.3 Å². The maximum atomic E-state index is 7.19. The van der Waals surface area contributed by atoms with E-state index in [4.69, 9.17) is 9.15 Å². The van der Waals surface area contributed by atoms with E-state index in [1.54, 1.807) is 0 Å². The molecule has 5 nitrogen and oxygen atoms in total. The summed E-state index contributed by atoms with van der Waals surface area (Å²) in [5.74, 6) is 1.03. The second-order valence-corrected chi connectivity index (χ2v) is 27.2. The van der Waals surface area contributed by atoms with Gasteiger partial charge >= 0.3 is 0 Å². The molecule has 2 aromatic heterocycles. The summed E-state index contributed by atoms with van der Waals surface area (Å²) >= 11 is 1.95. The molecule has 2 unspecified atom stereocenters. The molecule has 0 saturated heterocycles. The van der Waals surface area contributed by atoms with Gasteiger partial charge in [0.05, 0.1) is 11.4 Å². The molecule has 0 spiro atoms. The second-order valence-electron chi connectivity index (χ2n) is 26.1. The van der Waals surface area contributed by atoms with Crippen molar-refractivity contribution in [3.05, 3.63) is 186 Å². The van der Waals surface area contributed by atoms with Crippen LogP contribution in [0.4, 0.5) is 51.2 Å². The van der Waals surface area contributed by atoms with E-state index in [2.05, 4.69) is 255 Å². The molecule has 5 heterocycles. The number of hydrogen-bond donors (Lipinski definition) is 0. The molecule has 0 amide bonds. The zero-order chi connectivity index (χ0) is 53.1. The van der Waals surface area contributed by atoms with E-state index in [9.17, 15) is 0 Å². The highest BCUT2D eigenvalue weighted by molar-refractivity contribution is 7.33. The van der Waals surface area contributed by atoms with Crippen molar-refractivity contribution in [3.8, 4) is 5.75 Å². The first-order valence-electron chi connectivity index (χ1n) is 28.0. The number of nitrogens with zero attached hydrogens (tertiary/aromatic N) is 3. The number of furan rings is 1. The molecule has 0 N–H and O–H groups in total. The SMILES string of the molecule is CC(C)(C)c1ccc(N(c2ccc(C(C)(C)C)cc2)c2ccc3c(c2)N(c2cccc4c2oc2ccccc24)c2cccc4c2B3c2sc3ccc(C(C)(C)C)cc3c2N4c2ccc3c(c2)OC2(C)CCCCC32C)cc1. The van der Waals surface area contributed by atoms with Gasteiger partial charge in [-0.05, 0) is 149 Å². The number of ether oxygens (including phenoxy) is 1. The van der Waals surface area contributed by atoms with Gasteiger partial charge in [-0.3, -0.25) is 0 Å². The minimum Gasteiger partial charge on any atom is -0.486 e. The van der Waals surface area contributed by atoms with Gasteiger partial charge in [-0.2, -0.15) is 0 Å². The molecule has 384 valence electrons. The summed E-state index contributed by atoms with van der Waals surface area (Å²) in [6.45, 7) is 25.5. The fraction of sp³-hybridized carbons (Fsp3) is 0.286. The van der Waals surface area contributed by atoms with Crippen molar-refractivity contribution in [1.29, 1.82) is 0 Å². The molecular formula is C70H68BN3O2S. The Morgan fingerprint density at radius 2 is 1.14 bits per heavy atom. The number of rotatable bonds is 5. The van der Waals surface area contributed by atoms with Crippen LogP contribution in [-0.4, -0.2) is 12.3 Å². The number of benzene rings is 8. The van der Waals surface area contributed by atoms with Gasteiger partial charge in [0.2, 0.25) is 0 Å². The number of fused-ring (bicyclic) bond motifs is 12. The van der Waals surface area contributed by atoms with Crippen molar-refractivity contribution in [3.63, 3.8) is 0 Å². The first-order valence-corrected chi connectivity index (χ1v) is 28.8. The Bertz CT molecular complexity index is 3980. The molecular weight excluding hydrogens is 958 g/mol. The average Bonchev–Trinajstić information content (AvgIpc) is 4.28. The van der Waals surface area contributed by atoms with Crippen molar-refractivity contribution in [2.75, 3.05) is 14.7 Å². The fourth-order valence-electron chi connectivity index (χ4n) is 13.6. The molecule has 77 heavy (non-hydrogen) atoms. The molecule has 14 rings (SSSR count). The number of thiophene rings is 1. The summed E-state index contributed by atoms with van der Waals surface area (Å²) in [4.78, 5) is 7.56. The monoisotopic (exact) mass is 1030 g/mol. The molecule has 2 atom stereocenters. The molecule has 1 fully saturated rings. The third-order valence-electron chi connectivity index (χ3n) is 18.2. The van der Waals surface area contributed by atoms with Crippen LogP contribution in [0.25, 0.3) is 32.0 Å². The fourth-order valence-corrected chi connectivity index (χ4v) is 14.9. The first kappa shape index (κ1) is 48.2. The lowest BCUT2D eigenvalue weighted by atomic mass is 9.36. The maximum absolute atomic E-state index is 7.19. The normalized spacial score (nSPS) is 18.8. The van der Waals surface area contributed by atoms with Crippen LogP contribution < -0.4 is 35.1 Å². The predicted octanol–water partition coefficient (Wildman–Crippen LogP) is 18.2. The Morgan fingerprint density at radius 3 is 1.84 bits per heavy atom. The molecule has 1 aliphatic carbocycles. The van der Waals surface area contributed by atoms with Crippen LogP contribution in [0.1, 0.15) is 124 Å². The molecule has 1 saturated carbocycles. The summed E-state index contributed by atoms with van der Waals surface area (Å²) in [6.07, 6.45) is 4.64. The van der Waals surface area contributed by atoms with E-state index in [0.717, 1.165) is 80.3 Å². The largest absolute Gasteiger partial charge is 0.486 e. The zero-order valence-corrected chi connectivity index (χ0v) is 47.4. The van der Waals surface area contributed by atoms with Crippen LogP contribution in [0.5, 0.6) is 5.75 Å². The van der Waals surface area contributed by atoms with Gasteiger partial charge in [0.1, 0.15) is 16.9 Å². The van der Waals surface area contributed by atoms with E-state index < -0.39 is 0 Å². The highest BCUT2D eigenvalue weighted by Gasteiger charge is 2.55. The highest BCUT2D eigenvalue weighted by atomic mass is 32.1. The summed E-state index contributed by atoms with van der Waals surface area (Å²) in [7, 11) is 0. The van der Waals surface area contributed by atoms with Gasteiger partial charge < -0.3 is 23.9 Å². The van der Waals surface area contributed by atoms with E-state index in [1.807, 2.05) is 11.3 Å². The Kier molecular flexibility index (Phi) is 10.4. The lowest BCUT2D eigenvalue weighted by Crippen LogP contribution is -2.60. The Labute approximate surface area is 459 Å². The van der Waals surface area contributed by atoms with E-state index >= 15 is 0 Å². The van der Waals surface area contributed by atoms with Gasteiger partial charge in [-0.25, -0.2) is 0 Å². The second kappa shape index (κ2) is 16.6. The maximum Gasteiger partial charge on any atom is 0.264 e. The minimum atomic E-state index is -0.227. The van der Waals surface area contributed by atoms with Crippen LogP contribution in [0.15, 0.2) is 168 Å².